The Balaban J connectivity index is 3.00. The summed E-state index contributed by atoms with van der Waals surface area (Å²) in [6.07, 6.45) is -0.282. The molecule has 0 spiro atoms. The molecule has 1 amide bonds. The summed E-state index contributed by atoms with van der Waals surface area (Å²) in [5.41, 5.74) is 0.990. The third-order valence-corrected chi connectivity index (χ3v) is 3.03. The van der Waals surface area contributed by atoms with Crippen molar-refractivity contribution < 1.29 is 28.7 Å². The minimum Gasteiger partial charge on any atom is -0.465 e. The van der Waals surface area contributed by atoms with Gasteiger partial charge in [0.05, 0.1) is 24.8 Å². The van der Waals surface area contributed by atoms with E-state index in [1.807, 2.05) is 0 Å². The molecule has 8 heteroatoms. The van der Waals surface area contributed by atoms with Gasteiger partial charge in [-0.3, -0.25) is 14.4 Å². The number of hydrogen-bond donors (Lipinski definition) is 2. The Labute approximate surface area is 127 Å². The van der Waals surface area contributed by atoms with Crippen LogP contribution in [0, 0.1) is 6.92 Å². The Hall–Kier alpha value is -2.64. The Morgan fingerprint density at radius 3 is 2.36 bits per heavy atom. The Bertz CT molecular complexity index is 617. The molecule has 0 aliphatic rings. The van der Waals surface area contributed by atoms with E-state index in [-0.39, 0.29) is 29.2 Å². The first-order valence-electron chi connectivity index (χ1n) is 6.48. The molecule has 1 aromatic heterocycles. The second kappa shape index (κ2) is 7.39. The van der Waals surface area contributed by atoms with Gasteiger partial charge in [-0.1, -0.05) is 0 Å². The first kappa shape index (κ1) is 17.4. The predicted octanol–water partition coefficient (Wildman–Crippen LogP) is 0.144. The van der Waals surface area contributed by atoms with E-state index >= 15 is 0 Å². The lowest BCUT2D eigenvalue weighted by Gasteiger charge is -2.05. The lowest BCUT2D eigenvalue weighted by atomic mass is 10.1. The number of aromatic amines is 1. The maximum absolute atomic E-state index is 11.8. The minimum absolute atomic E-state index is 0.129. The molecule has 0 saturated carbocycles. The summed E-state index contributed by atoms with van der Waals surface area (Å²) in [6, 6.07) is 0. The molecule has 0 aliphatic carbocycles. The van der Waals surface area contributed by atoms with Gasteiger partial charge in [-0.2, -0.15) is 0 Å². The summed E-state index contributed by atoms with van der Waals surface area (Å²) >= 11 is 0. The molecule has 0 radical (unpaired) electrons. The van der Waals surface area contributed by atoms with Crippen LogP contribution in [-0.2, 0) is 25.5 Å². The average Bonchev–Trinajstić information content (AvgIpc) is 2.80. The van der Waals surface area contributed by atoms with Crippen LogP contribution in [0.1, 0.15) is 39.0 Å². The van der Waals surface area contributed by atoms with Gasteiger partial charge in [0.25, 0.3) is 5.91 Å². The zero-order chi connectivity index (χ0) is 16.9. The van der Waals surface area contributed by atoms with E-state index in [0.29, 0.717) is 5.56 Å². The molecule has 0 unspecified atom stereocenters. The molecule has 2 N–H and O–H groups in total. The van der Waals surface area contributed by atoms with E-state index in [9.17, 15) is 19.2 Å². The van der Waals surface area contributed by atoms with Crippen LogP contribution < -0.4 is 5.32 Å². The summed E-state index contributed by atoms with van der Waals surface area (Å²) in [5.74, 6) is -2.08. The number of rotatable bonds is 6. The summed E-state index contributed by atoms with van der Waals surface area (Å²) < 4.78 is 9.43. The van der Waals surface area contributed by atoms with Crippen molar-refractivity contribution in [3.05, 3.63) is 22.5 Å². The molecular formula is C14H18N2O6. The monoisotopic (exact) mass is 310 g/mol. The fourth-order valence-electron chi connectivity index (χ4n) is 1.94. The third kappa shape index (κ3) is 3.94. The van der Waals surface area contributed by atoms with Gasteiger partial charge in [0.15, 0.2) is 12.4 Å². The highest BCUT2D eigenvalue weighted by Gasteiger charge is 2.24. The van der Waals surface area contributed by atoms with Crippen molar-refractivity contribution in [2.24, 2.45) is 0 Å². The SMILES string of the molecule is CNC(=O)COC(=O)Cc1[nH]c(C(C)=O)c(C)c1C(=O)OC. The van der Waals surface area contributed by atoms with Gasteiger partial charge in [-0.05, 0) is 12.5 Å². The number of methoxy groups -OCH3 is 1. The summed E-state index contributed by atoms with van der Waals surface area (Å²) in [6.45, 7) is 2.51. The lowest BCUT2D eigenvalue weighted by Crippen LogP contribution is -2.25. The molecule has 1 aromatic rings. The maximum Gasteiger partial charge on any atom is 0.339 e. The van der Waals surface area contributed by atoms with E-state index in [1.165, 1.54) is 21.1 Å². The number of carbonyl (C=O) groups excluding carboxylic acids is 4. The van der Waals surface area contributed by atoms with Crippen LogP contribution in [0.25, 0.3) is 0 Å². The van der Waals surface area contributed by atoms with E-state index in [1.54, 1.807) is 6.92 Å². The van der Waals surface area contributed by atoms with Gasteiger partial charge in [0, 0.05) is 19.7 Å². The number of esters is 2. The van der Waals surface area contributed by atoms with Crippen LogP contribution in [0.5, 0.6) is 0 Å². The number of ether oxygens (including phenoxy) is 2. The fraction of sp³-hybridized carbons (Fsp3) is 0.429. The van der Waals surface area contributed by atoms with E-state index in [2.05, 4.69) is 15.0 Å². The molecule has 0 aromatic carbocycles. The smallest absolute Gasteiger partial charge is 0.339 e. The Morgan fingerprint density at radius 1 is 1.23 bits per heavy atom. The van der Waals surface area contributed by atoms with E-state index in [0.717, 1.165) is 0 Å². The normalized spacial score (nSPS) is 10.0. The van der Waals surface area contributed by atoms with Crippen molar-refractivity contribution in [2.45, 2.75) is 20.3 Å². The second-order valence-electron chi connectivity index (χ2n) is 4.54. The number of amides is 1. The second-order valence-corrected chi connectivity index (χ2v) is 4.54. The summed E-state index contributed by atoms with van der Waals surface area (Å²) in [7, 11) is 2.62. The molecule has 0 fully saturated rings. The predicted molar refractivity (Wildman–Crippen MR) is 75.6 cm³/mol. The number of H-pyrrole nitrogens is 1. The highest BCUT2D eigenvalue weighted by molar-refractivity contribution is 6.01. The van der Waals surface area contributed by atoms with Gasteiger partial charge < -0.3 is 19.8 Å². The van der Waals surface area contributed by atoms with Gasteiger partial charge in [0.2, 0.25) is 0 Å². The maximum atomic E-state index is 11.8. The fourth-order valence-corrected chi connectivity index (χ4v) is 1.94. The van der Waals surface area contributed by atoms with E-state index in [4.69, 9.17) is 4.74 Å². The number of aromatic nitrogens is 1. The van der Waals surface area contributed by atoms with Crippen molar-refractivity contribution >= 4 is 23.6 Å². The molecule has 1 heterocycles. The molecular weight excluding hydrogens is 292 g/mol. The van der Waals surface area contributed by atoms with Crippen molar-refractivity contribution in [1.29, 1.82) is 0 Å². The Morgan fingerprint density at radius 2 is 1.86 bits per heavy atom. The quantitative estimate of drug-likeness (QED) is 0.571. The zero-order valence-electron chi connectivity index (χ0n) is 12.9. The van der Waals surface area contributed by atoms with Crippen molar-refractivity contribution in [2.75, 3.05) is 20.8 Å². The minimum atomic E-state index is -0.704. The number of carbonyl (C=O) groups is 4. The van der Waals surface area contributed by atoms with Gasteiger partial charge in [-0.25, -0.2) is 4.79 Å². The van der Waals surface area contributed by atoms with Gasteiger partial charge in [-0.15, -0.1) is 0 Å². The van der Waals surface area contributed by atoms with E-state index < -0.39 is 24.5 Å². The average molecular weight is 310 g/mol. The lowest BCUT2D eigenvalue weighted by molar-refractivity contribution is -0.147. The number of ketones is 1. The van der Waals surface area contributed by atoms with Crippen molar-refractivity contribution in [3.63, 3.8) is 0 Å². The van der Waals surface area contributed by atoms with Crippen LogP contribution >= 0.6 is 0 Å². The van der Waals surface area contributed by atoms with Gasteiger partial charge >= 0.3 is 11.9 Å². The first-order valence-corrected chi connectivity index (χ1v) is 6.48. The number of Topliss-reactive ketones (excluding diaryl/α,β-unsaturated/α-hetero) is 1. The summed E-state index contributed by atoms with van der Waals surface area (Å²) in [5, 5.41) is 2.31. The van der Waals surface area contributed by atoms with Crippen molar-refractivity contribution in [3.8, 4) is 0 Å². The summed E-state index contributed by atoms with van der Waals surface area (Å²) in [4.78, 5) is 48.8. The van der Waals surface area contributed by atoms with Crippen LogP contribution in [0.2, 0.25) is 0 Å². The van der Waals surface area contributed by atoms with Crippen LogP contribution in [0.15, 0.2) is 0 Å². The molecule has 8 nitrogen and oxygen atoms in total. The largest absolute Gasteiger partial charge is 0.465 e. The number of nitrogens with one attached hydrogen (secondary N) is 2. The molecule has 0 bridgehead atoms. The topological polar surface area (TPSA) is 115 Å². The number of hydrogen-bond acceptors (Lipinski definition) is 6. The molecule has 0 atom stereocenters. The zero-order valence-corrected chi connectivity index (χ0v) is 12.9. The standard InChI is InChI=1S/C14H18N2O6/c1-7-12(14(20)21-4)9(16-13(7)8(2)17)5-11(19)22-6-10(18)15-3/h16H,5-6H2,1-4H3,(H,15,18). The highest BCUT2D eigenvalue weighted by Crippen LogP contribution is 2.20. The van der Waals surface area contributed by atoms with Crippen LogP contribution in [0.3, 0.4) is 0 Å². The van der Waals surface area contributed by atoms with Crippen molar-refractivity contribution in [1.82, 2.24) is 10.3 Å². The number of likely N-dealkylation sites (N-methyl/N-ethyl adjacent to an activating group) is 1. The van der Waals surface area contributed by atoms with Crippen LogP contribution in [0.4, 0.5) is 0 Å². The van der Waals surface area contributed by atoms with Gasteiger partial charge in [0.1, 0.15) is 0 Å². The first-order chi connectivity index (χ1) is 10.3. The molecule has 1 rings (SSSR count). The molecule has 120 valence electrons. The highest BCUT2D eigenvalue weighted by atomic mass is 16.5. The third-order valence-electron chi connectivity index (χ3n) is 3.03. The molecule has 0 aliphatic heterocycles. The molecule has 0 saturated heterocycles. The molecule has 22 heavy (non-hydrogen) atoms. The van der Waals surface area contributed by atoms with Crippen LogP contribution in [-0.4, -0.2) is 49.4 Å². The Kier molecular flexibility index (Phi) is 5.85.